The molecule has 0 aliphatic heterocycles. The van der Waals surface area contributed by atoms with Crippen molar-refractivity contribution in [2.24, 2.45) is 7.05 Å². The molecule has 3 heterocycles. The van der Waals surface area contributed by atoms with E-state index in [1.165, 1.54) is 17.7 Å². The normalized spacial score (nSPS) is 18.3. The third-order valence-electron chi connectivity index (χ3n) is 5.95. The third kappa shape index (κ3) is 4.54. The van der Waals surface area contributed by atoms with Crippen molar-refractivity contribution in [2.45, 2.75) is 44.8 Å². The molecular weight excluding hydrogens is 433 g/mol. The number of pyridine rings is 1. The summed E-state index contributed by atoms with van der Waals surface area (Å²) in [4.78, 5) is 33.2. The van der Waals surface area contributed by atoms with Gasteiger partial charge in [0.25, 0.3) is 5.56 Å². The monoisotopic (exact) mass is 459 g/mol. The Kier molecular flexibility index (Phi) is 6.32. The van der Waals surface area contributed by atoms with Crippen LogP contribution in [0.2, 0.25) is 0 Å². The second-order valence-corrected chi connectivity index (χ2v) is 8.06. The quantitative estimate of drug-likeness (QED) is 0.577. The Hall–Kier alpha value is -3.47. The Bertz CT molecular complexity index is 1250. The molecule has 176 valence electrons. The van der Waals surface area contributed by atoms with Crippen LogP contribution < -0.4 is 15.6 Å². The van der Waals surface area contributed by atoms with Gasteiger partial charge in [-0.2, -0.15) is 4.98 Å². The maximum atomic E-state index is 14.5. The minimum Gasteiger partial charge on any atom is -0.437 e. The molecule has 0 aromatic carbocycles. The van der Waals surface area contributed by atoms with Gasteiger partial charge in [0, 0.05) is 37.8 Å². The first kappa shape index (κ1) is 22.7. The number of rotatable bonds is 5. The molecule has 1 aliphatic rings. The Balaban J connectivity index is 1.72. The summed E-state index contributed by atoms with van der Waals surface area (Å²) in [5.74, 6) is -0.326. The lowest BCUT2D eigenvalue weighted by Crippen LogP contribution is -2.32. The summed E-state index contributed by atoms with van der Waals surface area (Å²) in [5.41, 5.74) is 0.773. The fourth-order valence-electron chi connectivity index (χ4n) is 4.22. The van der Waals surface area contributed by atoms with E-state index in [-0.39, 0.29) is 24.0 Å². The zero-order valence-electron chi connectivity index (χ0n) is 18.9. The van der Waals surface area contributed by atoms with E-state index >= 15 is 0 Å². The molecule has 0 spiro atoms. The van der Waals surface area contributed by atoms with Gasteiger partial charge in [0.05, 0.1) is 24.6 Å². The smallest absolute Gasteiger partial charge is 0.437 e. The molecule has 0 radical (unpaired) electrons. The summed E-state index contributed by atoms with van der Waals surface area (Å²) >= 11 is 0. The Morgan fingerprint density at radius 1 is 1.18 bits per heavy atom. The van der Waals surface area contributed by atoms with E-state index in [0.29, 0.717) is 35.3 Å². The molecule has 0 saturated heterocycles. The summed E-state index contributed by atoms with van der Waals surface area (Å²) < 4.78 is 32.6. The molecule has 0 amide bonds. The van der Waals surface area contributed by atoms with Crippen molar-refractivity contribution in [3.05, 3.63) is 40.2 Å². The standard InChI is InChI=1S/C22H26FN5O5/c1-12-16-10-17(23)20(29)28(14-5-7-15(31-3)8-6-14)19(16)26-21(24-12)25-13-9-18(27(2)11-13)33-22(30)32-4/h9-11,14-15H,5-8H2,1-4H3,(H,24,25,26). The van der Waals surface area contributed by atoms with Gasteiger partial charge in [0.1, 0.15) is 5.65 Å². The molecule has 1 fully saturated rings. The molecule has 0 unspecified atom stereocenters. The highest BCUT2D eigenvalue weighted by Gasteiger charge is 2.26. The van der Waals surface area contributed by atoms with Crippen molar-refractivity contribution < 1.29 is 23.4 Å². The average molecular weight is 459 g/mol. The van der Waals surface area contributed by atoms with Gasteiger partial charge in [0.2, 0.25) is 11.8 Å². The molecule has 3 aromatic heterocycles. The third-order valence-corrected chi connectivity index (χ3v) is 5.95. The van der Waals surface area contributed by atoms with E-state index < -0.39 is 17.5 Å². The molecule has 10 nitrogen and oxygen atoms in total. The number of methoxy groups -OCH3 is 2. The molecule has 11 heteroatoms. The highest BCUT2D eigenvalue weighted by molar-refractivity contribution is 5.79. The second kappa shape index (κ2) is 9.18. The van der Waals surface area contributed by atoms with Gasteiger partial charge in [-0.3, -0.25) is 9.36 Å². The van der Waals surface area contributed by atoms with Crippen molar-refractivity contribution in [1.82, 2.24) is 19.1 Å². The fourth-order valence-corrected chi connectivity index (χ4v) is 4.22. The van der Waals surface area contributed by atoms with E-state index in [9.17, 15) is 14.0 Å². The van der Waals surface area contributed by atoms with E-state index in [4.69, 9.17) is 9.47 Å². The van der Waals surface area contributed by atoms with Crippen molar-refractivity contribution >= 4 is 28.8 Å². The van der Waals surface area contributed by atoms with Crippen molar-refractivity contribution in [3.63, 3.8) is 0 Å². The first-order valence-electron chi connectivity index (χ1n) is 10.6. The van der Waals surface area contributed by atoms with Crippen LogP contribution in [0.1, 0.15) is 37.4 Å². The lowest BCUT2D eigenvalue weighted by Gasteiger charge is -2.29. The Morgan fingerprint density at radius 2 is 1.91 bits per heavy atom. The maximum absolute atomic E-state index is 14.5. The Labute approximate surface area is 189 Å². The number of carbonyl (C=O) groups is 1. The summed E-state index contributed by atoms with van der Waals surface area (Å²) in [7, 11) is 4.60. The number of aromatic nitrogens is 4. The van der Waals surface area contributed by atoms with Gasteiger partial charge in [-0.05, 0) is 38.7 Å². The predicted octanol–water partition coefficient (Wildman–Crippen LogP) is 3.60. The van der Waals surface area contributed by atoms with Gasteiger partial charge in [0.15, 0.2) is 5.82 Å². The second-order valence-electron chi connectivity index (χ2n) is 8.06. The SMILES string of the molecule is COC(=O)Oc1cc(Nc2nc(C)c3cc(F)c(=O)n(C4CCC(OC)CC4)c3n2)cn1C. The number of fused-ring (bicyclic) bond motifs is 1. The Morgan fingerprint density at radius 3 is 2.58 bits per heavy atom. The number of hydrogen-bond acceptors (Lipinski definition) is 8. The molecule has 0 bridgehead atoms. The minimum absolute atomic E-state index is 0.143. The van der Waals surface area contributed by atoms with Crippen molar-refractivity contribution in [2.75, 3.05) is 19.5 Å². The zero-order chi connectivity index (χ0) is 23.7. The van der Waals surface area contributed by atoms with Gasteiger partial charge in [-0.15, -0.1) is 0 Å². The number of aryl methyl sites for hydroxylation is 2. The molecular formula is C22H26FN5O5. The van der Waals surface area contributed by atoms with E-state index in [1.807, 2.05) is 0 Å². The van der Waals surface area contributed by atoms with Crippen molar-refractivity contribution in [1.29, 1.82) is 0 Å². The molecule has 1 saturated carbocycles. The van der Waals surface area contributed by atoms with Crippen LogP contribution >= 0.6 is 0 Å². The predicted molar refractivity (Wildman–Crippen MR) is 119 cm³/mol. The largest absolute Gasteiger partial charge is 0.514 e. The number of halogens is 1. The van der Waals surface area contributed by atoms with Crippen LogP contribution in [-0.2, 0) is 16.5 Å². The molecule has 33 heavy (non-hydrogen) atoms. The highest BCUT2D eigenvalue weighted by Crippen LogP contribution is 2.32. The lowest BCUT2D eigenvalue weighted by molar-refractivity contribution is 0.0583. The van der Waals surface area contributed by atoms with Gasteiger partial charge < -0.3 is 24.1 Å². The average Bonchev–Trinajstić information content (AvgIpc) is 3.13. The maximum Gasteiger partial charge on any atom is 0.514 e. The van der Waals surface area contributed by atoms with Crippen LogP contribution in [0.25, 0.3) is 11.0 Å². The molecule has 4 rings (SSSR count). The van der Waals surface area contributed by atoms with Crippen LogP contribution in [0, 0.1) is 12.7 Å². The van der Waals surface area contributed by atoms with Gasteiger partial charge >= 0.3 is 6.16 Å². The fraction of sp³-hybridized carbons (Fsp3) is 0.455. The van der Waals surface area contributed by atoms with Crippen LogP contribution in [0.3, 0.4) is 0 Å². The van der Waals surface area contributed by atoms with Gasteiger partial charge in [-0.25, -0.2) is 14.2 Å². The van der Waals surface area contributed by atoms with Crippen LogP contribution in [0.15, 0.2) is 23.1 Å². The lowest BCUT2D eigenvalue weighted by atomic mass is 9.92. The van der Waals surface area contributed by atoms with E-state index in [2.05, 4.69) is 20.0 Å². The van der Waals surface area contributed by atoms with Crippen LogP contribution in [-0.4, -0.2) is 45.6 Å². The number of ether oxygens (including phenoxy) is 3. The van der Waals surface area contributed by atoms with Gasteiger partial charge in [-0.1, -0.05) is 0 Å². The minimum atomic E-state index is -0.838. The van der Waals surface area contributed by atoms with Crippen LogP contribution in [0.4, 0.5) is 20.8 Å². The number of anilines is 2. The molecule has 3 aromatic rings. The summed E-state index contributed by atoms with van der Waals surface area (Å²) in [6.45, 7) is 1.74. The number of carbonyl (C=O) groups excluding carboxylic acids is 1. The zero-order valence-corrected chi connectivity index (χ0v) is 18.9. The first-order valence-corrected chi connectivity index (χ1v) is 10.6. The molecule has 1 N–H and O–H groups in total. The molecule has 1 aliphatic carbocycles. The van der Waals surface area contributed by atoms with Crippen molar-refractivity contribution in [3.8, 4) is 5.88 Å². The number of nitrogens with zero attached hydrogens (tertiary/aromatic N) is 4. The number of hydrogen-bond donors (Lipinski definition) is 1. The first-order chi connectivity index (χ1) is 15.8. The summed E-state index contributed by atoms with van der Waals surface area (Å²) in [6.07, 6.45) is 3.94. The highest BCUT2D eigenvalue weighted by atomic mass is 19.1. The van der Waals surface area contributed by atoms with Crippen LogP contribution in [0.5, 0.6) is 5.88 Å². The van der Waals surface area contributed by atoms with E-state index in [1.54, 1.807) is 37.9 Å². The summed E-state index contributed by atoms with van der Waals surface area (Å²) in [5, 5.41) is 3.55. The number of nitrogens with one attached hydrogen (secondary N) is 1. The summed E-state index contributed by atoms with van der Waals surface area (Å²) in [6, 6.07) is 2.60. The topological polar surface area (TPSA) is 110 Å². The molecule has 0 atom stereocenters. The van der Waals surface area contributed by atoms with E-state index in [0.717, 1.165) is 12.8 Å².